The third-order valence-electron chi connectivity index (χ3n) is 2.08. The van der Waals surface area contributed by atoms with Gasteiger partial charge in [-0.1, -0.05) is 6.07 Å². The van der Waals surface area contributed by atoms with E-state index in [1.165, 1.54) is 12.1 Å². The second kappa shape index (κ2) is 5.33. The zero-order valence-corrected chi connectivity index (χ0v) is 10.8. The lowest BCUT2D eigenvalue weighted by atomic mass is 10.1. The van der Waals surface area contributed by atoms with Crippen molar-refractivity contribution < 1.29 is 23.0 Å². The molecule has 0 spiro atoms. The summed E-state index contributed by atoms with van der Waals surface area (Å²) in [5.74, 6) is 0.0464. The Morgan fingerprint density at radius 3 is 2.39 bits per heavy atom. The van der Waals surface area contributed by atoms with Crippen LogP contribution in [0.5, 0.6) is 5.75 Å². The van der Waals surface area contributed by atoms with Crippen LogP contribution in [-0.2, 0) is 4.74 Å². The summed E-state index contributed by atoms with van der Waals surface area (Å²) in [5.41, 5.74) is -0.398. The third-order valence-corrected chi connectivity index (χ3v) is 2.08. The molecule has 0 N–H and O–H groups in total. The van der Waals surface area contributed by atoms with Crippen molar-refractivity contribution in [2.45, 2.75) is 39.7 Å². The van der Waals surface area contributed by atoms with Gasteiger partial charge >= 0.3 is 6.16 Å². The molecule has 0 saturated carbocycles. The number of carbonyl (C=O) groups is 1. The molecule has 1 rings (SSSR count). The van der Waals surface area contributed by atoms with Crippen LogP contribution in [0, 0.1) is 6.92 Å². The first-order chi connectivity index (χ1) is 8.19. The number of hydrogen-bond donors (Lipinski definition) is 0. The molecule has 0 heterocycles. The van der Waals surface area contributed by atoms with Crippen LogP contribution in [0.1, 0.15) is 38.3 Å². The first kappa shape index (κ1) is 14.4. The van der Waals surface area contributed by atoms with E-state index < -0.39 is 18.2 Å². The molecule has 3 nitrogen and oxygen atoms in total. The molecule has 0 radical (unpaired) electrons. The summed E-state index contributed by atoms with van der Waals surface area (Å²) in [6, 6.07) is 4.07. The summed E-state index contributed by atoms with van der Waals surface area (Å²) >= 11 is 0. The maximum absolute atomic E-state index is 12.6. The lowest BCUT2D eigenvalue weighted by molar-refractivity contribution is 0.0205. The van der Waals surface area contributed by atoms with E-state index in [9.17, 15) is 13.6 Å². The number of carbonyl (C=O) groups excluding carboxylic acids is 1. The molecule has 1 aromatic carbocycles. The Bertz CT molecular complexity index is 436. The van der Waals surface area contributed by atoms with Gasteiger partial charge in [-0.25, -0.2) is 13.6 Å². The van der Waals surface area contributed by atoms with Gasteiger partial charge in [0.1, 0.15) is 11.4 Å². The van der Waals surface area contributed by atoms with Gasteiger partial charge in [-0.15, -0.1) is 0 Å². The highest BCUT2D eigenvalue weighted by Gasteiger charge is 2.19. The fraction of sp³-hybridized carbons (Fsp3) is 0.462. The average Bonchev–Trinajstić information content (AvgIpc) is 2.17. The Kier molecular flexibility index (Phi) is 4.27. The zero-order valence-electron chi connectivity index (χ0n) is 10.8. The van der Waals surface area contributed by atoms with E-state index in [0.717, 1.165) is 6.07 Å². The van der Waals surface area contributed by atoms with Crippen molar-refractivity contribution in [3.05, 3.63) is 29.3 Å². The molecular formula is C13H16F2O3. The lowest BCUT2D eigenvalue weighted by Crippen LogP contribution is -2.26. The number of ether oxygens (including phenoxy) is 2. The van der Waals surface area contributed by atoms with E-state index >= 15 is 0 Å². The van der Waals surface area contributed by atoms with Gasteiger partial charge in [0.05, 0.1) is 0 Å². The quantitative estimate of drug-likeness (QED) is 0.587. The topological polar surface area (TPSA) is 35.5 Å². The maximum atomic E-state index is 12.6. The molecule has 0 unspecified atom stereocenters. The highest BCUT2D eigenvalue weighted by molar-refractivity contribution is 5.64. The summed E-state index contributed by atoms with van der Waals surface area (Å²) in [4.78, 5) is 11.4. The second-order valence-electron chi connectivity index (χ2n) is 4.89. The van der Waals surface area contributed by atoms with Crippen LogP contribution in [0.2, 0.25) is 0 Å². The summed E-state index contributed by atoms with van der Waals surface area (Å²) < 4.78 is 35.1. The molecule has 5 heteroatoms. The number of hydrogen-bond acceptors (Lipinski definition) is 3. The molecule has 0 atom stereocenters. The van der Waals surface area contributed by atoms with Crippen molar-refractivity contribution in [1.29, 1.82) is 0 Å². The monoisotopic (exact) mass is 258 g/mol. The molecular weight excluding hydrogens is 242 g/mol. The predicted octanol–water partition coefficient (Wildman–Crippen LogP) is 4.25. The Morgan fingerprint density at radius 2 is 1.89 bits per heavy atom. The largest absolute Gasteiger partial charge is 0.514 e. The van der Waals surface area contributed by atoms with Crippen LogP contribution in [0.25, 0.3) is 0 Å². The van der Waals surface area contributed by atoms with Crippen molar-refractivity contribution >= 4 is 6.16 Å². The minimum atomic E-state index is -2.60. The molecule has 0 fully saturated rings. The van der Waals surface area contributed by atoms with Crippen LogP contribution in [-0.4, -0.2) is 11.8 Å². The SMILES string of the molecule is Cc1ccc(OC(=O)OC(C)(C)C)cc1C(F)F. The van der Waals surface area contributed by atoms with Gasteiger partial charge in [0.25, 0.3) is 6.43 Å². The van der Waals surface area contributed by atoms with Crippen molar-refractivity contribution in [2.75, 3.05) is 0 Å². The van der Waals surface area contributed by atoms with Gasteiger partial charge in [0.2, 0.25) is 0 Å². The van der Waals surface area contributed by atoms with E-state index in [1.807, 2.05) is 0 Å². The molecule has 0 bridgehead atoms. The molecule has 0 saturated heterocycles. The minimum Gasteiger partial charge on any atom is -0.428 e. The highest BCUT2D eigenvalue weighted by atomic mass is 19.3. The van der Waals surface area contributed by atoms with E-state index in [-0.39, 0.29) is 11.3 Å². The van der Waals surface area contributed by atoms with Gasteiger partial charge in [0, 0.05) is 5.56 Å². The van der Waals surface area contributed by atoms with Crippen LogP contribution >= 0.6 is 0 Å². The Balaban J connectivity index is 2.80. The minimum absolute atomic E-state index is 0.0464. The van der Waals surface area contributed by atoms with E-state index in [2.05, 4.69) is 0 Å². The average molecular weight is 258 g/mol. The standard InChI is InChI=1S/C13H16F2O3/c1-8-5-6-9(7-10(8)11(14)15)17-12(16)18-13(2,3)4/h5-7,11H,1-4H3. The normalized spacial score (nSPS) is 11.5. The van der Waals surface area contributed by atoms with Gasteiger partial charge in [-0.3, -0.25) is 0 Å². The second-order valence-corrected chi connectivity index (χ2v) is 4.89. The lowest BCUT2D eigenvalue weighted by Gasteiger charge is -2.18. The molecule has 1 aromatic rings. The molecule has 0 aliphatic carbocycles. The molecule has 0 amide bonds. The number of alkyl halides is 2. The molecule has 18 heavy (non-hydrogen) atoms. The van der Waals surface area contributed by atoms with Crippen LogP contribution in [0.4, 0.5) is 13.6 Å². The third kappa shape index (κ3) is 4.31. The number of aryl methyl sites for hydroxylation is 1. The summed E-state index contributed by atoms with van der Waals surface area (Å²) in [7, 11) is 0. The van der Waals surface area contributed by atoms with Crippen molar-refractivity contribution in [3.63, 3.8) is 0 Å². The van der Waals surface area contributed by atoms with E-state index in [1.54, 1.807) is 27.7 Å². The van der Waals surface area contributed by atoms with Crippen LogP contribution in [0.15, 0.2) is 18.2 Å². The van der Waals surface area contributed by atoms with E-state index in [4.69, 9.17) is 9.47 Å². The first-order valence-electron chi connectivity index (χ1n) is 5.48. The zero-order chi connectivity index (χ0) is 13.9. The highest BCUT2D eigenvalue weighted by Crippen LogP contribution is 2.27. The molecule has 100 valence electrons. The Morgan fingerprint density at radius 1 is 1.28 bits per heavy atom. The van der Waals surface area contributed by atoms with Gasteiger partial charge < -0.3 is 9.47 Å². The number of rotatable bonds is 2. The number of halogens is 2. The number of benzene rings is 1. The van der Waals surface area contributed by atoms with Crippen LogP contribution in [0.3, 0.4) is 0 Å². The fourth-order valence-corrected chi connectivity index (χ4v) is 1.28. The summed E-state index contributed by atoms with van der Waals surface area (Å²) in [5, 5.41) is 0. The van der Waals surface area contributed by atoms with Crippen LogP contribution < -0.4 is 4.74 Å². The van der Waals surface area contributed by atoms with Gasteiger partial charge in [-0.05, 0) is 45.4 Å². The Hall–Kier alpha value is -1.65. The molecule has 0 aromatic heterocycles. The van der Waals surface area contributed by atoms with Crippen molar-refractivity contribution in [1.82, 2.24) is 0 Å². The summed E-state index contributed by atoms with van der Waals surface area (Å²) in [6.07, 6.45) is -3.52. The van der Waals surface area contributed by atoms with Gasteiger partial charge in [0.15, 0.2) is 0 Å². The van der Waals surface area contributed by atoms with Crippen molar-refractivity contribution in [2.24, 2.45) is 0 Å². The fourth-order valence-electron chi connectivity index (χ4n) is 1.28. The molecule has 0 aliphatic rings. The maximum Gasteiger partial charge on any atom is 0.514 e. The molecule has 0 aliphatic heterocycles. The smallest absolute Gasteiger partial charge is 0.428 e. The first-order valence-corrected chi connectivity index (χ1v) is 5.48. The summed E-state index contributed by atoms with van der Waals surface area (Å²) in [6.45, 7) is 6.63. The predicted molar refractivity (Wildman–Crippen MR) is 63.0 cm³/mol. The van der Waals surface area contributed by atoms with E-state index in [0.29, 0.717) is 5.56 Å². The van der Waals surface area contributed by atoms with Crippen molar-refractivity contribution in [3.8, 4) is 5.75 Å². The van der Waals surface area contributed by atoms with Gasteiger partial charge in [-0.2, -0.15) is 0 Å². The Labute approximate surface area is 105 Å².